The van der Waals surface area contributed by atoms with Crippen molar-refractivity contribution < 1.29 is 14.2 Å². The number of hydrogen-bond donors (Lipinski definition) is 1. The summed E-state index contributed by atoms with van der Waals surface area (Å²) in [5.41, 5.74) is 6.60. The molecule has 0 radical (unpaired) electrons. The van der Waals surface area contributed by atoms with Crippen LogP contribution in [0.15, 0.2) is 18.2 Å². The van der Waals surface area contributed by atoms with E-state index in [9.17, 15) is 0 Å². The van der Waals surface area contributed by atoms with Gasteiger partial charge < -0.3 is 19.9 Å². The van der Waals surface area contributed by atoms with Crippen molar-refractivity contribution in [2.75, 3.05) is 27.4 Å². The molecule has 1 rings (SSSR count). The first-order chi connectivity index (χ1) is 7.81. The van der Waals surface area contributed by atoms with E-state index >= 15 is 0 Å². The van der Waals surface area contributed by atoms with Gasteiger partial charge in [0, 0.05) is 26.7 Å². The largest absolute Gasteiger partial charge is 0.493 e. The van der Waals surface area contributed by atoms with Gasteiger partial charge in [-0.05, 0) is 17.7 Å². The normalized spacial score (nSPS) is 10.2. The molecule has 0 aromatic heterocycles. The van der Waals surface area contributed by atoms with Crippen LogP contribution in [0.1, 0.15) is 12.0 Å². The number of ether oxygens (including phenoxy) is 3. The van der Waals surface area contributed by atoms with Gasteiger partial charge in [0.25, 0.3) is 0 Å². The fraction of sp³-hybridized carbons (Fsp3) is 0.500. The van der Waals surface area contributed by atoms with E-state index in [1.165, 1.54) is 0 Å². The predicted octanol–water partition coefficient (Wildman–Crippen LogP) is 1.57. The molecule has 16 heavy (non-hydrogen) atoms. The average Bonchev–Trinajstić information content (AvgIpc) is 2.34. The summed E-state index contributed by atoms with van der Waals surface area (Å²) in [6.45, 7) is 1.80. The lowest BCUT2D eigenvalue weighted by molar-refractivity contribution is 0.170. The van der Waals surface area contributed by atoms with Gasteiger partial charge in [-0.3, -0.25) is 0 Å². The first kappa shape index (κ1) is 12.8. The smallest absolute Gasteiger partial charge is 0.161 e. The summed E-state index contributed by atoms with van der Waals surface area (Å²) >= 11 is 0. The lowest BCUT2D eigenvalue weighted by Crippen LogP contribution is -2.04. The van der Waals surface area contributed by atoms with Crippen LogP contribution in [0.25, 0.3) is 0 Å². The molecule has 2 N–H and O–H groups in total. The lowest BCUT2D eigenvalue weighted by atomic mass is 10.2. The topological polar surface area (TPSA) is 53.7 Å². The van der Waals surface area contributed by atoms with Gasteiger partial charge in [0.1, 0.15) is 0 Å². The van der Waals surface area contributed by atoms with Gasteiger partial charge >= 0.3 is 0 Å². The molecule has 0 fully saturated rings. The summed E-state index contributed by atoms with van der Waals surface area (Å²) in [7, 11) is 3.30. The maximum Gasteiger partial charge on any atom is 0.161 e. The Kier molecular flexibility index (Phi) is 5.67. The molecule has 0 bridgehead atoms. The standard InChI is InChI=1S/C12H19NO3/c1-14-6-3-7-16-12-8-10(9-13)4-5-11(12)15-2/h4-5,8H,3,6-7,9,13H2,1-2H3. The van der Waals surface area contributed by atoms with Crippen molar-refractivity contribution in [3.8, 4) is 11.5 Å². The van der Waals surface area contributed by atoms with E-state index in [2.05, 4.69) is 0 Å². The molecule has 0 spiro atoms. The van der Waals surface area contributed by atoms with Crippen LogP contribution in [0, 0.1) is 0 Å². The van der Waals surface area contributed by atoms with Crippen molar-refractivity contribution >= 4 is 0 Å². The van der Waals surface area contributed by atoms with Crippen LogP contribution in [-0.2, 0) is 11.3 Å². The first-order valence-electron chi connectivity index (χ1n) is 5.30. The maximum atomic E-state index is 5.61. The van der Waals surface area contributed by atoms with Crippen LogP contribution >= 0.6 is 0 Å². The van der Waals surface area contributed by atoms with Gasteiger partial charge in [-0.2, -0.15) is 0 Å². The van der Waals surface area contributed by atoms with E-state index < -0.39 is 0 Å². The van der Waals surface area contributed by atoms with Gasteiger partial charge in [0.2, 0.25) is 0 Å². The van der Waals surface area contributed by atoms with E-state index in [0.717, 1.165) is 23.5 Å². The number of hydrogen-bond acceptors (Lipinski definition) is 4. The summed E-state index contributed by atoms with van der Waals surface area (Å²) in [5.74, 6) is 1.47. The van der Waals surface area contributed by atoms with Gasteiger partial charge in [-0.1, -0.05) is 6.07 Å². The molecule has 90 valence electrons. The summed E-state index contributed by atoms with van der Waals surface area (Å²) in [6, 6.07) is 5.71. The molecule has 0 aliphatic carbocycles. The fourth-order valence-electron chi connectivity index (χ4n) is 1.35. The first-order valence-corrected chi connectivity index (χ1v) is 5.30. The molecule has 0 heterocycles. The Labute approximate surface area is 96.3 Å². The van der Waals surface area contributed by atoms with Crippen LogP contribution in [0.2, 0.25) is 0 Å². The molecule has 0 unspecified atom stereocenters. The zero-order valence-corrected chi connectivity index (χ0v) is 9.86. The minimum Gasteiger partial charge on any atom is -0.493 e. The molecule has 0 aliphatic heterocycles. The number of rotatable bonds is 7. The van der Waals surface area contributed by atoms with E-state index in [-0.39, 0.29) is 0 Å². The molecule has 0 saturated heterocycles. The van der Waals surface area contributed by atoms with Crippen molar-refractivity contribution in [1.29, 1.82) is 0 Å². The molecule has 1 aromatic rings. The summed E-state index contributed by atoms with van der Waals surface area (Å²) in [6.07, 6.45) is 0.854. The van der Waals surface area contributed by atoms with Crippen LogP contribution in [0.3, 0.4) is 0 Å². The molecule has 0 saturated carbocycles. The second-order valence-electron chi connectivity index (χ2n) is 3.38. The highest BCUT2D eigenvalue weighted by atomic mass is 16.5. The van der Waals surface area contributed by atoms with E-state index in [0.29, 0.717) is 19.8 Å². The van der Waals surface area contributed by atoms with Crippen molar-refractivity contribution in [3.63, 3.8) is 0 Å². The van der Waals surface area contributed by atoms with Gasteiger partial charge in [0.15, 0.2) is 11.5 Å². The Morgan fingerprint density at radius 2 is 1.94 bits per heavy atom. The number of nitrogens with two attached hydrogens (primary N) is 1. The molecule has 4 nitrogen and oxygen atoms in total. The molecule has 0 aliphatic rings. The predicted molar refractivity (Wildman–Crippen MR) is 62.9 cm³/mol. The summed E-state index contributed by atoms with van der Waals surface area (Å²) in [4.78, 5) is 0. The van der Waals surface area contributed by atoms with Crippen LogP contribution < -0.4 is 15.2 Å². The monoisotopic (exact) mass is 225 g/mol. The summed E-state index contributed by atoms with van der Waals surface area (Å²) in [5, 5.41) is 0. The van der Waals surface area contributed by atoms with E-state index in [1.807, 2.05) is 18.2 Å². The molecule has 0 atom stereocenters. The molecular formula is C12H19NO3. The van der Waals surface area contributed by atoms with Crippen molar-refractivity contribution in [2.24, 2.45) is 5.73 Å². The molecule has 0 amide bonds. The molecule has 1 aromatic carbocycles. The minimum absolute atomic E-state index is 0.498. The fourth-order valence-corrected chi connectivity index (χ4v) is 1.35. The zero-order chi connectivity index (χ0) is 11.8. The SMILES string of the molecule is COCCCOc1cc(CN)ccc1OC. The second kappa shape index (κ2) is 7.09. The van der Waals surface area contributed by atoms with Crippen molar-refractivity contribution in [2.45, 2.75) is 13.0 Å². The third-order valence-corrected chi connectivity index (χ3v) is 2.21. The average molecular weight is 225 g/mol. The van der Waals surface area contributed by atoms with E-state index in [1.54, 1.807) is 14.2 Å². The van der Waals surface area contributed by atoms with Crippen LogP contribution in [0.4, 0.5) is 0 Å². The Morgan fingerprint density at radius 1 is 1.12 bits per heavy atom. The molecule has 4 heteroatoms. The Morgan fingerprint density at radius 3 is 2.56 bits per heavy atom. The van der Waals surface area contributed by atoms with Crippen molar-refractivity contribution in [1.82, 2.24) is 0 Å². The zero-order valence-electron chi connectivity index (χ0n) is 9.86. The van der Waals surface area contributed by atoms with Gasteiger partial charge in [-0.25, -0.2) is 0 Å². The minimum atomic E-state index is 0.498. The molecular weight excluding hydrogens is 206 g/mol. The van der Waals surface area contributed by atoms with Crippen molar-refractivity contribution in [3.05, 3.63) is 23.8 Å². The Bertz CT molecular complexity index is 315. The van der Waals surface area contributed by atoms with Crippen LogP contribution in [0.5, 0.6) is 11.5 Å². The third-order valence-electron chi connectivity index (χ3n) is 2.21. The highest BCUT2D eigenvalue weighted by molar-refractivity contribution is 5.42. The third kappa shape index (κ3) is 3.72. The highest BCUT2D eigenvalue weighted by Gasteiger charge is 2.04. The van der Waals surface area contributed by atoms with Crippen LogP contribution in [-0.4, -0.2) is 27.4 Å². The highest BCUT2D eigenvalue weighted by Crippen LogP contribution is 2.27. The number of methoxy groups -OCH3 is 2. The maximum absolute atomic E-state index is 5.61. The summed E-state index contributed by atoms with van der Waals surface area (Å²) < 4.78 is 15.8. The Balaban J connectivity index is 2.60. The second-order valence-corrected chi connectivity index (χ2v) is 3.38. The Hall–Kier alpha value is -1.26. The van der Waals surface area contributed by atoms with Gasteiger partial charge in [0.05, 0.1) is 13.7 Å². The number of benzene rings is 1. The van der Waals surface area contributed by atoms with Gasteiger partial charge in [-0.15, -0.1) is 0 Å². The quantitative estimate of drug-likeness (QED) is 0.716. The lowest BCUT2D eigenvalue weighted by Gasteiger charge is -2.11. The van der Waals surface area contributed by atoms with E-state index in [4.69, 9.17) is 19.9 Å².